The summed E-state index contributed by atoms with van der Waals surface area (Å²) in [6, 6.07) is 20.6. The van der Waals surface area contributed by atoms with Crippen molar-refractivity contribution in [1.29, 1.82) is 0 Å². The zero-order chi connectivity index (χ0) is 29.8. The third-order valence-corrected chi connectivity index (χ3v) is 8.59. The zero-order valence-electron chi connectivity index (χ0n) is 23.6. The number of imidazole rings is 1. The Hall–Kier alpha value is -4.47. The van der Waals surface area contributed by atoms with Gasteiger partial charge in [-0.2, -0.15) is 0 Å². The highest BCUT2D eigenvalue weighted by molar-refractivity contribution is 7.13. The second-order valence-electron chi connectivity index (χ2n) is 10.5. The number of halogens is 1. The summed E-state index contributed by atoms with van der Waals surface area (Å²) >= 11 is 7.63. The number of nitrogens with one attached hydrogen (secondary N) is 1. The summed E-state index contributed by atoms with van der Waals surface area (Å²) < 4.78 is 8.18. The number of thiazole rings is 1. The first-order valence-electron chi connectivity index (χ1n) is 14.0. The molecule has 1 N–H and O–H groups in total. The molecule has 0 radical (unpaired) electrons. The number of ether oxygens (including phenoxy) is 1. The van der Waals surface area contributed by atoms with Crippen molar-refractivity contribution in [2.45, 2.75) is 32.5 Å². The van der Waals surface area contributed by atoms with Gasteiger partial charge in [-0.1, -0.05) is 54.1 Å². The number of hydrogen-bond acceptors (Lipinski definition) is 7. The largest absolute Gasteiger partial charge is 0.489 e. The lowest BCUT2D eigenvalue weighted by atomic mass is 10.0. The highest BCUT2D eigenvalue weighted by Crippen LogP contribution is 2.36. The van der Waals surface area contributed by atoms with Crippen LogP contribution in [0.4, 0.5) is 5.69 Å². The minimum atomic E-state index is -0.672. The molecule has 1 aliphatic rings. The van der Waals surface area contributed by atoms with E-state index in [-0.39, 0.29) is 11.7 Å². The first kappa shape index (κ1) is 28.6. The number of para-hydroxylation sites is 1. The first-order chi connectivity index (χ1) is 20.9. The van der Waals surface area contributed by atoms with Gasteiger partial charge in [-0.3, -0.25) is 14.6 Å². The molecular weight excluding hydrogens is 582 g/mol. The molecule has 0 aliphatic carbocycles. The number of hydrogen-bond donors (Lipinski definition) is 1. The van der Waals surface area contributed by atoms with Crippen LogP contribution in [-0.2, 0) is 24.3 Å². The van der Waals surface area contributed by atoms with Gasteiger partial charge in [-0.25, -0.2) is 4.98 Å². The molecule has 2 aromatic heterocycles. The van der Waals surface area contributed by atoms with Crippen molar-refractivity contribution in [3.8, 4) is 16.2 Å². The van der Waals surface area contributed by atoms with Gasteiger partial charge < -0.3 is 19.5 Å². The van der Waals surface area contributed by atoms with Crippen LogP contribution in [0.3, 0.4) is 0 Å². The Morgan fingerprint density at radius 2 is 1.79 bits per heavy atom. The SMILES string of the molecule is CC(=O)[C@H](Cc1ccc(Cl)cc1)NC(=O)c1cccc2c1OCCN2Cc1cncn1Cc1ccc(-c2cncs2)cc1. The number of benzene rings is 3. The minimum absolute atomic E-state index is 0.123. The second kappa shape index (κ2) is 12.8. The predicted molar refractivity (Wildman–Crippen MR) is 169 cm³/mol. The molecule has 1 amide bonds. The number of nitrogens with zero attached hydrogens (tertiary/aromatic N) is 4. The number of amides is 1. The van der Waals surface area contributed by atoms with Crippen LogP contribution in [0.5, 0.6) is 5.75 Å². The molecule has 1 atom stereocenters. The normalized spacial score (nSPS) is 13.2. The van der Waals surface area contributed by atoms with Gasteiger partial charge in [0.2, 0.25) is 0 Å². The van der Waals surface area contributed by atoms with Gasteiger partial charge in [0.1, 0.15) is 6.61 Å². The topological polar surface area (TPSA) is 89.4 Å². The van der Waals surface area contributed by atoms with E-state index in [0.29, 0.717) is 49.0 Å². The lowest BCUT2D eigenvalue weighted by molar-refractivity contribution is -0.118. The fourth-order valence-electron chi connectivity index (χ4n) is 5.18. The Kier molecular flexibility index (Phi) is 8.53. The number of aromatic nitrogens is 3. The number of carbonyl (C=O) groups is 2. The van der Waals surface area contributed by atoms with Crippen LogP contribution in [-0.4, -0.2) is 45.4 Å². The van der Waals surface area contributed by atoms with Crippen molar-refractivity contribution in [3.05, 3.63) is 118 Å². The van der Waals surface area contributed by atoms with E-state index in [1.165, 1.54) is 12.5 Å². The number of Topliss-reactive ketones (excluding diaryl/α,β-unsaturated/α-hetero) is 1. The highest BCUT2D eigenvalue weighted by atomic mass is 35.5. The van der Waals surface area contributed by atoms with Gasteiger partial charge in [0.15, 0.2) is 11.5 Å². The van der Waals surface area contributed by atoms with Crippen molar-refractivity contribution >= 4 is 40.3 Å². The molecule has 0 unspecified atom stereocenters. The van der Waals surface area contributed by atoms with Crippen LogP contribution in [0.15, 0.2) is 91.0 Å². The molecule has 218 valence electrons. The summed E-state index contributed by atoms with van der Waals surface area (Å²) in [5.41, 5.74) is 7.36. The van der Waals surface area contributed by atoms with Gasteiger partial charge >= 0.3 is 0 Å². The van der Waals surface area contributed by atoms with E-state index in [2.05, 4.69) is 49.0 Å². The molecule has 8 nitrogen and oxygen atoms in total. The standard InChI is InChI=1S/C33H30ClN5O3S/c1-22(40)29(15-23-7-11-26(34)12-8-23)37-33(41)28-3-2-4-30-32(28)42-14-13-38(30)19-27-16-35-20-39(27)18-24-5-9-25(10-6-24)31-17-36-21-43-31/h2-12,16-17,20-21,29H,13-15,18-19H2,1H3,(H,37,41)/t29-/m0/s1. The average molecular weight is 612 g/mol. The lowest BCUT2D eigenvalue weighted by Gasteiger charge is -2.32. The zero-order valence-corrected chi connectivity index (χ0v) is 25.1. The van der Waals surface area contributed by atoms with E-state index in [1.807, 2.05) is 48.5 Å². The van der Waals surface area contributed by atoms with E-state index in [1.54, 1.807) is 29.5 Å². The van der Waals surface area contributed by atoms with Gasteiger partial charge in [-0.15, -0.1) is 11.3 Å². The van der Waals surface area contributed by atoms with Crippen LogP contribution < -0.4 is 15.0 Å². The quantitative estimate of drug-likeness (QED) is 0.207. The molecule has 0 fully saturated rings. The molecule has 43 heavy (non-hydrogen) atoms. The Bertz CT molecular complexity index is 1720. The molecule has 5 aromatic rings. The number of anilines is 1. The van der Waals surface area contributed by atoms with E-state index in [0.717, 1.165) is 27.4 Å². The van der Waals surface area contributed by atoms with Crippen molar-refractivity contribution in [2.75, 3.05) is 18.1 Å². The summed E-state index contributed by atoms with van der Waals surface area (Å²) in [7, 11) is 0. The van der Waals surface area contributed by atoms with Crippen LogP contribution in [0, 0.1) is 0 Å². The van der Waals surface area contributed by atoms with Gasteiger partial charge in [0, 0.05) is 24.0 Å². The van der Waals surface area contributed by atoms with Crippen molar-refractivity contribution in [3.63, 3.8) is 0 Å². The summed E-state index contributed by atoms with van der Waals surface area (Å²) in [5.74, 6) is 0.0477. The Morgan fingerprint density at radius 3 is 2.53 bits per heavy atom. The smallest absolute Gasteiger partial charge is 0.255 e. The van der Waals surface area contributed by atoms with Crippen LogP contribution in [0.1, 0.15) is 34.1 Å². The summed E-state index contributed by atoms with van der Waals surface area (Å²) in [5, 5.41) is 3.54. The van der Waals surface area contributed by atoms with Gasteiger partial charge in [0.25, 0.3) is 5.91 Å². The maximum Gasteiger partial charge on any atom is 0.255 e. The minimum Gasteiger partial charge on any atom is -0.489 e. The lowest BCUT2D eigenvalue weighted by Crippen LogP contribution is -2.42. The molecular formula is C33H30ClN5O3S. The van der Waals surface area contributed by atoms with Crippen molar-refractivity contribution < 1.29 is 14.3 Å². The van der Waals surface area contributed by atoms with E-state index < -0.39 is 6.04 Å². The molecule has 1 aliphatic heterocycles. The molecule has 3 heterocycles. The molecule has 6 rings (SSSR count). The monoisotopic (exact) mass is 611 g/mol. The molecule has 0 spiro atoms. The van der Waals surface area contributed by atoms with E-state index in [4.69, 9.17) is 16.3 Å². The third kappa shape index (κ3) is 6.63. The number of rotatable bonds is 10. The number of ketones is 1. The molecule has 0 saturated heterocycles. The summed E-state index contributed by atoms with van der Waals surface area (Å²) in [6.45, 7) is 3.88. The maximum absolute atomic E-state index is 13.5. The van der Waals surface area contributed by atoms with E-state index in [9.17, 15) is 9.59 Å². The predicted octanol–water partition coefficient (Wildman–Crippen LogP) is 6.04. The maximum atomic E-state index is 13.5. The number of fused-ring (bicyclic) bond motifs is 1. The summed E-state index contributed by atoms with van der Waals surface area (Å²) in [4.78, 5) is 37.8. The molecule has 0 saturated carbocycles. The molecule has 3 aromatic carbocycles. The summed E-state index contributed by atoms with van der Waals surface area (Å²) in [6.07, 6.45) is 5.98. The van der Waals surface area contributed by atoms with E-state index >= 15 is 0 Å². The second-order valence-corrected chi connectivity index (χ2v) is 11.8. The van der Waals surface area contributed by atoms with Gasteiger partial charge in [0.05, 0.1) is 52.8 Å². The average Bonchev–Trinajstić information content (AvgIpc) is 3.71. The highest BCUT2D eigenvalue weighted by Gasteiger charge is 2.27. The first-order valence-corrected chi connectivity index (χ1v) is 15.2. The molecule has 10 heteroatoms. The Morgan fingerprint density at radius 1 is 1.00 bits per heavy atom. The van der Waals surface area contributed by atoms with Gasteiger partial charge in [-0.05, 0) is 54.3 Å². The van der Waals surface area contributed by atoms with Crippen molar-refractivity contribution in [1.82, 2.24) is 19.9 Å². The Balaban J connectivity index is 1.16. The van der Waals surface area contributed by atoms with Crippen LogP contribution >= 0.6 is 22.9 Å². The van der Waals surface area contributed by atoms with Crippen molar-refractivity contribution in [2.24, 2.45) is 0 Å². The van der Waals surface area contributed by atoms with Crippen LogP contribution in [0.25, 0.3) is 10.4 Å². The fraction of sp³-hybridized carbons (Fsp3) is 0.212. The number of carbonyl (C=O) groups excluding carboxylic acids is 2. The Labute approximate surface area is 258 Å². The third-order valence-electron chi connectivity index (χ3n) is 7.51. The van der Waals surface area contributed by atoms with Crippen LogP contribution in [0.2, 0.25) is 5.02 Å². The fourth-order valence-corrected chi connectivity index (χ4v) is 5.94. The molecule has 0 bridgehead atoms.